The van der Waals surface area contributed by atoms with Crippen molar-refractivity contribution >= 4 is 13.3 Å². The van der Waals surface area contributed by atoms with Gasteiger partial charge in [0, 0.05) is 12.4 Å². The Morgan fingerprint density at radius 2 is 2.00 bits per heavy atom. The minimum atomic E-state index is -0.952. The Kier molecular flexibility index (Phi) is 1.59. The van der Waals surface area contributed by atoms with Gasteiger partial charge in [-0.25, -0.2) is 0 Å². The summed E-state index contributed by atoms with van der Waals surface area (Å²) >= 11 is 0. The molecule has 1 aromatic rings. The first-order chi connectivity index (χ1) is 6.41. The lowest BCUT2D eigenvalue weighted by Crippen LogP contribution is -2.41. The van der Waals surface area contributed by atoms with Crippen LogP contribution < -0.4 is 5.19 Å². The average Bonchev–Trinajstić information content (AvgIpc) is 2.78. The van der Waals surface area contributed by atoms with Crippen molar-refractivity contribution in [3.8, 4) is 0 Å². The molecule has 1 nitrogen and oxygen atoms in total. The van der Waals surface area contributed by atoms with E-state index in [0.717, 1.165) is 0 Å². The average molecular weight is 189 g/mol. The molecule has 1 fully saturated rings. The third-order valence-electron chi connectivity index (χ3n) is 3.92. The molecule has 68 valence electrons. The molecule has 1 saturated heterocycles. The largest absolute Gasteiger partial charge is 0.265 e. The van der Waals surface area contributed by atoms with Crippen molar-refractivity contribution < 1.29 is 0 Å². The molecule has 1 aromatic heterocycles. The number of aromatic nitrogens is 1. The maximum atomic E-state index is 4.31. The standard InChI is InChI=1S/C11H15NSi/c1-2-7-13(6-1)8-4-10-3-5-12-9-11(10)13/h3,5,9H,1-2,4,6-8H2. The zero-order valence-electron chi connectivity index (χ0n) is 7.92. The van der Waals surface area contributed by atoms with E-state index in [1.807, 2.05) is 6.20 Å². The van der Waals surface area contributed by atoms with Gasteiger partial charge in [0.25, 0.3) is 0 Å². The Balaban J connectivity index is 2.11. The summed E-state index contributed by atoms with van der Waals surface area (Å²) in [7, 11) is -0.952. The van der Waals surface area contributed by atoms with Gasteiger partial charge in [-0.05, 0) is 29.3 Å². The van der Waals surface area contributed by atoms with E-state index in [9.17, 15) is 0 Å². The van der Waals surface area contributed by atoms with Gasteiger partial charge < -0.3 is 0 Å². The highest BCUT2D eigenvalue weighted by atomic mass is 28.3. The van der Waals surface area contributed by atoms with Crippen molar-refractivity contribution in [2.75, 3.05) is 0 Å². The van der Waals surface area contributed by atoms with E-state index < -0.39 is 8.07 Å². The summed E-state index contributed by atoms with van der Waals surface area (Å²) in [5.41, 5.74) is 1.63. The second kappa shape index (κ2) is 2.68. The molecular formula is C11H15NSi. The molecule has 3 heterocycles. The van der Waals surface area contributed by atoms with Crippen LogP contribution in [0.15, 0.2) is 18.5 Å². The van der Waals surface area contributed by atoms with Gasteiger partial charge in [-0.3, -0.25) is 4.98 Å². The van der Waals surface area contributed by atoms with Gasteiger partial charge >= 0.3 is 0 Å². The Bertz CT molecular complexity index is 329. The van der Waals surface area contributed by atoms with Crippen molar-refractivity contribution in [2.45, 2.75) is 37.4 Å². The van der Waals surface area contributed by atoms with Crippen molar-refractivity contribution in [1.29, 1.82) is 0 Å². The topological polar surface area (TPSA) is 12.9 Å². The second-order valence-corrected chi connectivity index (χ2v) is 9.12. The Morgan fingerprint density at radius 1 is 1.15 bits per heavy atom. The number of rotatable bonds is 0. The molecule has 3 rings (SSSR count). The van der Waals surface area contributed by atoms with E-state index in [2.05, 4.69) is 17.2 Å². The van der Waals surface area contributed by atoms with Gasteiger partial charge in [-0.1, -0.05) is 24.9 Å². The molecule has 0 radical (unpaired) electrons. The highest BCUT2D eigenvalue weighted by Gasteiger charge is 2.42. The Hall–Kier alpha value is -0.633. The van der Waals surface area contributed by atoms with Crippen LogP contribution in [0.2, 0.25) is 18.1 Å². The molecule has 13 heavy (non-hydrogen) atoms. The number of fused-ring (bicyclic) bond motifs is 2. The van der Waals surface area contributed by atoms with Crippen LogP contribution in [-0.4, -0.2) is 13.1 Å². The zero-order chi connectivity index (χ0) is 8.73. The van der Waals surface area contributed by atoms with E-state index >= 15 is 0 Å². The predicted octanol–water partition coefficient (Wildman–Crippen LogP) is 2.09. The fourth-order valence-electron chi connectivity index (χ4n) is 3.20. The number of hydrogen-bond acceptors (Lipinski definition) is 1. The van der Waals surface area contributed by atoms with Crippen LogP contribution in [0, 0.1) is 0 Å². The summed E-state index contributed by atoms with van der Waals surface area (Å²) in [6, 6.07) is 6.86. The summed E-state index contributed by atoms with van der Waals surface area (Å²) in [6.45, 7) is 0. The van der Waals surface area contributed by atoms with Crippen LogP contribution in [0.5, 0.6) is 0 Å². The first kappa shape index (κ1) is 7.74. The van der Waals surface area contributed by atoms with E-state index in [4.69, 9.17) is 0 Å². The van der Waals surface area contributed by atoms with Crippen LogP contribution in [0.4, 0.5) is 0 Å². The Labute approximate surface area is 80.2 Å². The van der Waals surface area contributed by atoms with Gasteiger partial charge in [0.15, 0.2) is 0 Å². The Morgan fingerprint density at radius 3 is 2.85 bits per heavy atom. The molecule has 0 bridgehead atoms. The summed E-state index contributed by atoms with van der Waals surface area (Å²) in [5, 5.41) is 1.72. The monoisotopic (exact) mass is 189 g/mol. The maximum Gasteiger partial charge on any atom is 0.0894 e. The minimum absolute atomic E-state index is 0.952. The number of nitrogens with zero attached hydrogens (tertiary/aromatic N) is 1. The number of aryl methyl sites for hydroxylation is 1. The van der Waals surface area contributed by atoms with Crippen LogP contribution in [0.3, 0.4) is 0 Å². The van der Waals surface area contributed by atoms with Crippen LogP contribution in [0.1, 0.15) is 18.4 Å². The molecule has 2 aliphatic heterocycles. The normalized spacial score (nSPS) is 23.7. The van der Waals surface area contributed by atoms with Crippen molar-refractivity contribution in [1.82, 2.24) is 4.98 Å². The van der Waals surface area contributed by atoms with Gasteiger partial charge in [-0.15, -0.1) is 0 Å². The lowest BCUT2D eigenvalue weighted by Gasteiger charge is -2.20. The van der Waals surface area contributed by atoms with Crippen molar-refractivity contribution in [2.24, 2.45) is 0 Å². The molecule has 0 aromatic carbocycles. The van der Waals surface area contributed by atoms with Crippen LogP contribution >= 0.6 is 0 Å². The van der Waals surface area contributed by atoms with Gasteiger partial charge in [0.1, 0.15) is 0 Å². The molecule has 2 heteroatoms. The van der Waals surface area contributed by atoms with Crippen LogP contribution in [0.25, 0.3) is 0 Å². The number of pyridine rings is 1. The molecule has 0 unspecified atom stereocenters. The number of hydrogen-bond donors (Lipinski definition) is 0. The third kappa shape index (κ3) is 1.01. The molecule has 0 aliphatic carbocycles. The highest BCUT2D eigenvalue weighted by Crippen LogP contribution is 2.38. The smallest absolute Gasteiger partial charge is 0.0894 e. The van der Waals surface area contributed by atoms with E-state index in [1.54, 1.807) is 22.8 Å². The molecular weight excluding hydrogens is 174 g/mol. The van der Waals surface area contributed by atoms with E-state index in [0.29, 0.717) is 0 Å². The van der Waals surface area contributed by atoms with Crippen molar-refractivity contribution in [3.63, 3.8) is 0 Å². The summed E-state index contributed by atoms with van der Waals surface area (Å²) in [6.07, 6.45) is 8.46. The zero-order valence-corrected chi connectivity index (χ0v) is 8.92. The first-order valence-corrected chi connectivity index (χ1v) is 7.96. The summed E-state index contributed by atoms with van der Waals surface area (Å²) < 4.78 is 0. The third-order valence-corrected chi connectivity index (χ3v) is 9.34. The van der Waals surface area contributed by atoms with E-state index in [1.165, 1.54) is 25.3 Å². The summed E-state index contributed by atoms with van der Waals surface area (Å²) in [4.78, 5) is 4.31. The highest BCUT2D eigenvalue weighted by molar-refractivity contribution is 6.93. The predicted molar refractivity (Wildman–Crippen MR) is 57.0 cm³/mol. The quantitative estimate of drug-likeness (QED) is 0.569. The fourth-order valence-corrected chi connectivity index (χ4v) is 8.60. The second-order valence-electron chi connectivity index (χ2n) is 4.52. The van der Waals surface area contributed by atoms with E-state index in [-0.39, 0.29) is 0 Å². The SMILES string of the molecule is c1cc2c(cn1)[Si]1(CCCC1)CC2. The summed E-state index contributed by atoms with van der Waals surface area (Å²) in [5.74, 6) is 0. The molecule has 2 aliphatic rings. The first-order valence-electron chi connectivity index (χ1n) is 5.34. The van der Waals surface area contributed by atoms with Crippen molar-refractivity contribution in [3.05, 3.63) is 24.0 Å². The fraction of sp³-hybridized carbons (Fsp3) is 0.545. The lowest BCUT2D eigenvalue weighted by molar-refractivity contribution is 0.935. The molecule has 0 amide bonds. The molecule has 1 spiro atoms. The van der Waals surface area contributed by atoms with Gasteiger partial charge in [0.05, 0.1) is 8.07 Å². The van der Waals surface area contributed by atoms with Gasteiger partial charge in [0.2, 0.25) is 0 Å². The molecule has 0 saturated carbocycles. The molecule has 0 atom stereocenters. The minimum Gasteiger partial charge on any atom is -0.265 e. The van der Waals surface area contributed by atoms with Crippen LogP contribution in [-0.2, 0) is 6.42 Å². The lowest BCUT2D eigenvalue weighted by atomic mass is 10.2. The maximum absolute atomic E-state index is 4.31. The van der Waals surface area contributed by atoms with Gasteiger partial charge in [-0.2, -0.15) is 0 Å². The molecule has 0 N–H and O–H groups in total.